The maximum absolute atomic E-state index is 12.4. The minimum Gasteiger partial charge on any atom is -0.497 e. The van der Waals surface area contributed by atoms with Crippen LogP contribution in [-0.4, -0.2) is 12.9 Å². The number of carbonyl (C=O) groups excluding carboxylic acids is 1. The summed E-state index contributed by atoms with van der Waals surface area (Å²) in [5.74, 6) is 0.438. The van der Waals surface area contributed by atoms with Crippen molar-refractivity contribution >= 4 is 27.3 Å². The lowest BCUT2D eigenvalue weighted by molar-refractivity contribution is 0.104. The third-order valence-electron chi connectivity index (χ3n) is 2.95. The van der Waals surface area contributed by atoms with Gasteiger partial charge in [-0.3, -0.25) is 4.79 Å². The van der Waals surface area contributed by atoms with Crippen molar-refractivity contribution < 1.29 is 9.53 Å². The molecule has 0 fully saturated rings. The summed E-state index contributed by atoms with van der Waals surface area (Å²) in [6, 6.07) is 17.9. The molecule has 0 aliphatic carbocycles. The quantitative estimate of drug-likeness (QED) is 0.475. The number of benzene rings is 2. The highest BCUT2D eigenvalue weighted by molar-refractivity contribution is 9.12. The van der Waals surface area contributed by atoms with Gasteiger partial charge in [0.2, 0.25) is 5.78 Å². The molecule has 0 amide bonds. The van der Waals surface area contributed by atoms with E-state index in [4.69, 9.17) is 4.74 Å². The second-order valence-corrected chi connectivity index (χ2v) is 5.02. The third kappa shape index (κ3) is 3.39. The van der Waals surface area contributed by atoms with Crippen molar-refractivity contribution in [3.8, 4) is 11.8 Å². The molecule has 0 heterocycles. The monoisotopic (exact) mass is 341 g/mol. The van der Waals surface area contributed by atoms with Crippen LogP contribution in [0.3, 0.4) is 0 Å². The number of halogens is 1. The van der Waals surface area contributed by atoms with E-state index in [0.29, 0.717) is 22.4 Å². The van der Waals surface area contributed by atoms with Gasteiger partial charge in [0.05, 0.1) is 17.2 Å². The number of allylic oxidation sites excluding steroid dienone is 2. The Morgan fingerprint density at radius 1 is 1.05 bits per heavy atom. The number of hydrogen-bond acceptors (Lipinski definition) is 3. The largest absolute Gasteiger partial charge is 0.497 e. The first-order chi connectivity index (χ1) is 10.2. The van der Waals surface area contributed by atoms with E-state index in [0.717, 1.165) is 0 Å². The Kier molecular flexibility index (Phi) is 4.91. The number of carbonyl (C=O) groups is 1. The van der Waals surface area contributed by atoms with Gasteiger partial charge in [0.25, 0.3) is 0 Å². The van der Waals surface area contributed by atoms with Crippen molar-refractivity contribution in [1.82, 2.24) is 0 Å². The van der Waals surface area contributed by atoms with Crippen LogP contribution in [0.15, 0.2) is 59.1 Å². The summed E-state index contributed by atoms with van der Waals surface area (Å²) in [5, 5.41) is 9.32. The molecule has 0 spiro atoms. The lowest BCUT2D eigenvalue weighted by atomic mass is 10.0. The topological polar surface area (TPSA) is 50.1 Å². The zero-order valence-corrected chi connectivity index (χ0v) is 12.9. The Balaban J connectivity index is 2.40. The minimum atomic E-state index is -0.238. The van der Waals surface area contributed by atoms with Crippen LogP contribution in [0.4, 0.5) is 0 Å². The summed E-state index contributed by atoms with van der Waals surface area (Å²) in [7, 11) is 1.57. The molecular formula is C17H12BrNO2. The number of ether oxygens (including phenoxy) is 1. The molecule has 3 nitrogen and oxygen atoms in total. The zero-order chi connectivity index (χ0) is 15.2. The second kappa shape index (κ2) is 6.87. The minimum absolute atomic E-state index is 0.238. The number of hydrogen-bond donors (Lipinski definition) is 0. The summed E-state index contributed by atoms with van der Waals surface area (Å²) >= 11 is 3.26. The van der Waals surface area contributed by atoms with Gasteiger partial charge in [0, 0.05) is 5.56 Å². The molecule has 0 aromatic heterocycles. The first kappa shape index (κ1) is 15.0. The van der Waals surface area contributed by atoms with E-state index < -0.39 is 0 Å². The fourth-order valence-corrected chi connectivity index (χ4v) is 2.37. The summed E-state index contributed by atoms with van der Waals surface area (Å²) in [6.45, 7) is 0. The van der Waals surface area contributed by atoms with Gasteiger partial charge < -0.3 is 4.74 Å². The van der Waals surface area contributed by atoms with Crippen LogP contribution >= 0.6 is 15.9 Å². The second-order valence-electron chi connectivity index (χ2n) is 4.22. The van der Waals surface area contributed by atoms with E-state index in [1.807, 2.05) is 18.2 Å². The van der Waals surface area contributed by atoms with Gasteiger partial charge in [-0.1, -0.05) is 30.3 Å². The van der Waals surface area contributed by atoms with Crippen molar-refractivity contribution in [2.24, 2.45) is 0 Å². The van der Waals surface area contributed by atoms with Crippen molar-refractivity contribution in [3.63, 3.8) is 0 Å². The number of rotatable bonds is 4. The molecule has 0 saturated carbocycles. The smallest absolute Gasteiger partial charge is 0.201 e. The van der Waals surface area contributed by atoms with Gasteiger partial charge in [-0.05, 0) is 45.8 Å². The van der Waals surface area contributed by atoms with Gasteiger partial charge in [0.15, 0.2) is 0 Å². The number of nitriles is 1. The molecule has 0 bridgehead atoms. The Labute approximate surface area is 131 Å². The molecule has 0 aliphatic heterocycles. The summed E-state index contributed by atoms with van der Waals surface area (Å²) < 4.78 is 5.31. The van der Waals surface area contributed by atoms with Crippen LogP contribution in [0.25, 0.3) is 5.57 Å². The van der Waals surface area contributed by atoms with Crippen molar-refractivity contribution in [1.29, 1.82) is 5.26 Å². The van der Waals surface area contributed by atoms with Gasteiger partial charge in [-0.15, -0.1) is 0 Å². The summed E-state index contributed by atoms with van der Waals surface area (Å²) in [5.41, 5.74) is 1.51. The number of ketones is 1. The Bertz CT molecular complexity index is 713. The van der Waals surface area contributed by atoms with Crippen LogP contribution < -0.4 is 4.74 Å². The van der Waals surface area contributed by atoms with Crippen LogP contribution in [0.2, 0.25) is 0 Å². The van der Waals surface area contributed by atoms with Crippen molar-refractivity contribution in [2.75, 3.05) is 7.11 Å². The molecule has 0 saturated heterocycles. The van der Waals surface area contributed by atoms with E-state index in [9.17, 15) is 10.1 Å². The molecule has 21 heavy (non-hydrogen) atoms. The molecule has 0 atom stereocenters. The first-order valence-corrected chi connectivity index (χ1v) is 7.00. The standard InChI is InChI=1S/C17H12BrNO2/c1-21-14-9-7-13(8-10-14)17(20)16(18)15(11-19)12-5-3-2-4-6-12/h2-10H,1H3/b16-15+. The number of nitrogens with zero attached hydrogens (tertiary/aromatic N) is 1. The molecule has 4 heteroatoms. The maximum atomic E-state index is 12.4. The molecule has 104 valence electrons. The van der Waals surface area contributed by atoms with Crippen molar-refractivity contribution in [3.05, 3.63) is 70.2 Å². The Hall–Kier alpha value is -2.38. The SMILES string of the molecule is COc1ccc(C(=O)/C(Br)=C(/C#N)c2ccccc2)cc1. The first-order valence-electron chi connectivity index (χ1n) is 6.21. The molecule has 0 unspecified atom stereocenters. The lowest BCUT2D eigenvalue weighted by Gasteiger charge is -2.05. The predicted molar refractivity (Wildman–Crippen MR) is 85.2 cm³/mol. The highest BCUT2D eigenvalue weighted by Gasteiger charge is 2.16. The van der Waals surface area contributed by atoms with E-state index in [1.54, 1.807) is 43.5 Å². The fraction of sp³-hybridized carbons (Fsp3) is 0.0588. The molecular weight excluding hydrogens is 330 g/mol. The van der Waals surface area contributed by atoms with E-state index in [2.05, 4.69) is 22.0 Å². The maximum Gasteiger partial charge on any atom is 0.201 e. The normalized spacial score (nSPS) is 11.3. The van der Waals surface area contributed by atoms with Crippen molar-refractivity contribution in [2.45, 2.75) is 0 Å². The van der Waals surface area contributed by atoms with Gasteiger partial charge in [0.1, 0.15) is 11.8 Å². The summed E-state index contributed by atoms with van der Waals surface area (Å²) in [6.07, 6.45) is 0. The average Bonchev–Trinajstić information content (AvgIpc) is 2.56. The van der Waals surface area contributed by atoms with E-state index >= 15 is 0 Å². The van der Waals surface area contributed by atoms with Gasteiger partial charge in [-0.25, -0.2) is 0 Å². The Morgan fingerprint density at radius 2 is 1.67 bits per heavy atom. The zero-order valence-electron chi connectivity index (χ0n) is 11.3. The van der Waals surface area contributed by atoms with Crippen LogP contribution in [0, 0.1) is 11.3 Å². The molecule has 2 aromatic rings. The average molecular weight is 342 g/mol. The number of Topliss-reactive ketones (excluding diaryl/α,β-unsaturated/α-hetero) is 1. The summed E-state index contributed by atoms with van der Waals surface area (Å²) in [4.78, 5) is 12.4. The lowest BCUT2D eigenvalue weighted by Crippen LogP contribution is -2.01. The molecule has 2 aromatic carbocycles. The third-order valence-corrected chi connectivity index (χ3v) is 3.70. The van der Waals surface area contributed by atoms with E-state index in [1.165, 1.54) is 0 Å². The molecule has 0 N–H and O–H groups in total. The van der Waals surface area contributed by atoms with Crippen LogP contribution in [0.1, 0.15) is 15.9 Å². The van der Waals surface area contributed by atoms with Gasteiger partial charge in [-0.2, -0.15) is 5.26 Å². The van der Waals surface area contributed by atoms with Gasteiger partial charge >= 0.3 is 0 Å². The molecule has 0 radical (unpaired) electrons. The highest BCUT2D eigenvalue weighted by atomic mass is 79.9. The number of methoxy groups -OCH3 is 1. The molecule has 0 aliphatic rings. The highest BCUT2D eigenvalue weighted by Crippen LogP contribution is 2.26. The molecule has 2 rings (SSSR count). The van der Waals surface area contributed by atoms with Crippen LogP contribution in [0.5, 0.6) is 5.75 Å². The van der Waals surface area contributed by atoms with E-state index in [-0.39, 0.29) is 10.3 Å². The predicted octanol–water partition coefficient (Wildman–Crippen LogP) is 4.21. The van der Waals surface area contributed by atoms with Crippen LogP contribution in [-0.2, 0) is 0 Å². The Morgan fingerprint density at radius 3 is 2.19 bits per heavy atom. The fourth-order valence-electron chi connectivity index (χ4n) is 1.83.